The lowest BCUT2D eigenvalue weighted by Crippen LogP contribution is -2.38. The number of nitrogens with zero attached hydrogens (tertiary/aromatic N) is 2. The highest BCUT2D eigenvalue weighted by Gasteiger charge is 2.24. The second kappa shape index (κ2) is 6.09. The standard InChI is InChI=1S/C15H19N3O2S/c1-10-3-4-12(21-10)8-18-5-6-20-14(9-18)13-7-15(19)17-11(2)16-13/h3-4,7,14H,5-6,8-9H2,1-2H3,(H,16,17,19)/t14-/m1/s1. The summed E-state index contributed by atoms with van der Waals surface area (Å²) in [6.07, 6.45) is -0.124. The average molecular weight is 305 g/mol. The fourth-order valence-corrected chi connectivity index (χ4v) is 3.52. The number of thiophene rings is 1. The SMILES string of the molecule is Cc1nc([C@H]2CN(Cc3ccc(C)s3)CCO2)cc(=O)[nH]1. The number of morpholine rings is 1. The van der Waals surface area contributed by atoms with Crippen LogP contribution in [0.5, 0.6) is 0 Å². The quantitative estimate of drug-likeness (QED) is 0.942. The molecule has 0 radical (unpaired) electrons. The van der Waals surface area contributed by atoms with Crippen molar-refractivity contribution < 1.29 is 4.74 Å². The van der Waals surface area contributed by atoms with Crippen LogP contribution in [0.25, 0.3) is 0 Å². The second-order valence-electron chi connectivity index (χ2n) is 5.36. The van der Waals surface area contributed by atoms with Crippen molar-refractivity contribution in [2.45, 2.75) is 26.5 Å². The van der Waals surface area contributed by atoms with Gasteiger partial charge in [-0.3, -0.25) is 9.69 Å². The summed E-state index contributed by atoms with van der Waals surface area (Å²) in [6.45, 7) is 7.20. The van der Waals surface area contributed by atoms with Crippen LogP contribution in [0, 0.1) is 13.8 Å². The number of aromatic amines is 1. The van der Waals surface area contributed by atoms with Crippen LogP contribution in [-0.4, -0.2) is 34.6 Å². The Bertz CT molecular complexity index is 680. The molecule has 5 nitrogen and oxygen atoms in total. The largest absolute Gasteiger partial charge is 0.369 e. The molecule has 2 aromatic heterocycles. The third kappa shape index (κ3) is 3.58. The Hall–Kier alpha value is -1.50. The maximum absolute atomic E-state index is 11.6. The number of rotatable bonds is 3. The van der Waals surface area contributed by atoms with E-state index in [2.05, 4.69) is 33.9 Å². The number of H-pyrrole nitrogens is 1. The lowest BCUT2D eigenvalue weighted by molar-refractivity contribution is -0.0348. The molecule has 0 unspecified atom stereocenters. The number of ether oxygens (including phenoxy) is 1. The van der Waals surface area contributed by atoms with Crippen molar-refractivity contribution in [3.05, 3.63) is 49.8 Å². The zero-order valence-electron chi connectivity index (χ0n) is 12.3. The summed E-state index contributed by atoms with van der Waals surface area (Å²) >= 11 is 1.83. The first kappa shape index (κ1) is 14.4. The van der Waals surface area contributed by atoms with Crippen LogP contribution in [0.2, 0.25) is 0 Å². The van der Waals surface area contributed by atoms with Crippen molar-refractivity contribution in [3.8, 4) is 0 Å². The van der Waals surface area contributed by atoms with E-state index in [0.29, 0.717) is 12.4 Å². The fourth-order valence-electron chi connectivity index (χ4n) is 2.58. The van der Waals surface area contributed by atoms with E-state index in [1.807, 2.05) is 11.3 Å². The van der Waals surface area contributed by atoms with E-state index in [0.717, 1.165) is 25.3 Å². The number of hydrogen-bond donors (Lipinski definition) is 1. The van der Waals surface area contributed by atoms with Gasteiger partial charge in [0.25, 0.3) is 5.56 Å². The summed E-state index contributed by atoms with van der Waals surface area (Å²) in [5, 5.41) is 0. The minimum absolute atomic E-state index is 0.118. The number of aryl methyl sites for hydroxylation is 2. The maximum atomic E-state index is 11.6. The van der Waals surface area contributed by atoms with Crippen molar-refractivity contribution in [3.63, 3.8) is 0 Å². The highest BCUT2D eigenvalue weighted by Crippen LogP contribution is 2.23. The van der Waals surface area contributed by atoms with Crippen LogP contribution in [0.1, 0.15) is 27.4 Å². The smallest absolute Gasteiger partial charge is 0.251 e. The van der Waals surface area contributed by atoms with E-state index in [1.165, 1.54) is 15.8 Å². The number of nitrogens with one attached hydrogen (secondary N) is 1. The van der Waals surface area contributed by atoms with Gasteiger partial charge in [0.1, 0.15) is 11.9 Å². The van der Waals surface area contributed by atoms with Crippen LogP contribution in [-0.2, 0) is 11.3 Å². The van der Waals surface area contributed by atoms with Crippen LogP contribution >= 0.6 is 11.3 Å². The van der Waals surface area contributed by atoms with Gasteiger partial charge in [-0.25, -0.2) is 4.98 Å². The van der Waals surface area contributed by atoms with Gasteiger partial charge in [-0.15, -0.1) is 11.3 Å². The molecule has 2 aromatic rings. The third-order valence-corrected chi connectivity index (χ3v) is 4.52. The summed E-state index contributed by atoms with van der Waals surface area (Å²) in [7, 11) is 0. The normalized spacial score (nSPS) is 19.8. The summed E-state index contributed by atoms with van der Waals surface area (Å²) in [6, 6.07) is 5.87. The van der Waals surface area contributed by atoms with Gasteiger partial charge >= 0.3 is 0 Å². The molecule has 1 N–H and O–H groups in total. The van der Waals surface area contributed by atoms with E-state index in [1.54, 1.807) is 6.92 Å². The van der Waals surface area contributed by atoms with Gasteiger partial charge in [0.2, 0.25) is 0 Å². The molecule has 3 rings (SSSR count). The van der Waals surface area contributed by atoms with Crippen molar-refractivity contribution in [2.75, 3.05) is 19.7 Å². The highest BCUT2D eigenvalue weighted by molar-refractivity contribution is 7.11. The van der Waals surface area contributed by atoms with Crippen LogP contribution in [0.15, 0.2) is 23.0 Å². The molecule has 1 aliphatic heterocycles. The van der Waals surface area contributed by atoms with Gasteiger partial charge in [-0.1, -0.05) is 0 Å². The first-order valence-electron chi connectivity index (χ1n) is 7.07. The van der Waals surface area contributed by atoms with Gasteiger partial charge in [-0.05, 0) is 26.0 Å². The fraction of sp³-hybridized carbons (Fsp3) is 0.467. The van der Waals surface area contributed by atoms with Gasteiger partial charge in [-0.2, -0.15) is 0 Å². The lowest BCUT2D eigenvalue weighted by atomic mass is 10.2. The zero-order valence-corrected chi connectivity index (χ0v) is 13.1. The molecule has 1 saturated heterocycles. The molecule has 0 aromatic carbocycles. The first-order valence-corrected chi connectivity index (χ1v) is 7.89. The number of aromatic nitrogens is 2. The van der Waals surface area contributed by atoms with Crippen LogP contribution in [0.3, 0.4) is 0 Å². The third-order valence-electron chi connectivity index (χ3n) is 3.54. The molecule has 0 amide bonds. The van der Waals surface area contributed by atoms with Crippen molar-refractivity contribution >= 4 is 11.3 Å². The van der Waals surface area contributed by atoms with E-state index in [-0.39, 0.29) is 11.7 Å². The Morgan fingerprint density at radius 1 is 1.48 bits per heavy atom. The Kier molecular flexibility index (Phi) is 4.19. The number of hydrogen-bond acceptors (Lipinski definition) is 5. The molecule has 1 aliphatic rings. The minimum atomic E-state index is -0.124. The predicted octanol–water partition coefficient (Wildman–Crippen LogP) is 2.02. The Balaban J connectivity index is 1.71. The van der Waals surface area contributed by atoms with Crippen LogP contribution in [0.4, 0.5) is 0 Å². The minimum Gasteiger partial charge on any atom is -0.369 e. The molecule has 3 heterocycles. The van der Waals surface area contributed by atoms with Gasteiger partial charge in [0.15, 0.2) is 0 Å². The van der Waals surface area contributed by atoms with E-state index in [9.17, 15) is 4.79 Å². The van der Waals surface area contributed by atoms with Gasteiger partial charge in [0, 0.05) is 35.5 Å². The monoisotopic (exact) mass is 305 g/mol. The van der Waals surface area contributed by atoms with Gasteiger partial charge in [0.05, 0.1) is 12.3 Å². The highest BCUT2D eigenvalue weighted by atomic mass is 32.1. The van der Waals surface area contributed by atoms with Gasteiger partial charge < -0.3 is 9.72 Å². The lowest BCUT2D eigenvalue weighted by Gasteiger charge is -2.32. The molecule has 0 saturated carbocycles. The Morgan fingerprint density at radius 3 is 3.05 bits per heavy atom. The summed E-state index contributed by atoms with van der Waals surface area (Å²) in [5.74, 6) is 0.632. The van der Waals surface area contributed by atoms with E-state index >= 15 is 0 Å². The first-order chi connectivity index (χ1) is 10.1. The Labute approximate surface area is 127 Å². The van der Waals surface area contributed by atoms with Crippen molar-refractivity contribution in [1.82, 2.24) is 14.9 Å². The molecule has 21 heavy (non-hydrogen) atoms. The predicted molar refractivity (Wildman–Crippen MR) is 82.6 cm³/mol. The summed E-state index contributed by atoms with van der Waals surface area (Å²) in [5.41, 5.74) is 0.607. The molecule has 0 aliphatic carbocycles. The summed E-state index contributed by atoms with van der Waals surface area (Å²) in [4.78, 5) is 23.7. The Morgan fingerprint density at radius 2 is 2.33 bits per heavy atom. The molecular weight excluding hydrogens is 286 g/mol. The second-order valence-corrected chi connectivity index (χ2v) is 6.74. The maximum Gasteiger partial charge on any atom is 0.251 e. The topological polar surface area (TPSA) is 58.2 Å². The molecule has 1 fully saturated rings. The molecule has 1 atom stereocenters. The average Bonchev–Trinajstić information content (AvgIpc) is 2.83. The molecule has 112 valence electrons. The van der Waals surface area contributed by atoms with E-state index in [4.69, 9.17) is 4.74 Å². The molecule has 0 bridgehead atoms. The van der Waals surface area contributed by atoms with Crippen molar-refractivity contribution in [2.24, 2.45) is 0 Å². The molecule has 6 heteroatoms. The molecular formula is C15H19N3O2S. The molecule has 0 spiro atoms. The van der Waals surface area contributed by atoms with Crippen molar-refractivity contribution in [1.29, 1.82) is 0 Å². The van der Waals surface area contributed by atoms with E-state index < -0.39 is 0 Å². The zero-order chi connectivity index (χ0) is 14.8. The summed E-state index contributed by atoms with van der Waals surface area (Å²) < 4.78 is 5.79. The van der Waals surface area contributed by atoms with Crippen LogP contribution < -0.4 is 5.56 Å².